The molecule has 0 unspecified atom stereocenters. The van der Waals surface area contributed by atoms with Crippen LogP contribution in [0.15, 0.2) is 53.1 Å². The van der Waals surface area contributed by atoms with Crippen LogP contribution < -0.4 is 0 Å². The number of carbonyl (C=O) groups excluding carboxylic acids is 1. The second kappa shape index (κ2) is 7.48. The van der Waals surface area contributed by atoms with Crippen LogP contribution in [0.25, 0.3) is 11.0 Å². The third-order valence-corrected chi connectivity index (χ3v) is 5.30. The zero-order valence-corrected chi connectivity index (χ0v) is 15.3. The molecule has 3 aromatic rings. The molecule has 4 rings (SSSR count). The number of rotatable bonds is 4. The molecule has 0 saturated carbocycles. The molecule has 0 N–H and O–H groups in total. The normalized spacial score (nSPS) is 15.6. The van der Waals surface area contributed by atoms with E-state index >= 15 is 0 Å². The van der Waals surface area contributed by atoms with Gasteiger partial charge in [-0.05, 0) is 50.2 Å². The molecule has 1 aliphatic rings. The minimum Gasteiger partial charge on any atom is -0.356 e. The summed E-state index contributed by atoms with van der Waals surface area (Å²) in [6.45, 7) is 2.05. The lowest BCUT2D eigenvalue weighted by atomic mass is 10.0. The molecule has 0 spiro atoms. The third-order valence-electron chi connectivity index (χ3n) is 5.30. The van der Waals surface area contributed by atoms with Crippen molar-refractivity contribution < 1.29 is 13.7 Å². The molecule has 2 heterocycles. The van der Waals surface area contributed by atoms with Crippen molar-refractivity contribution in [3.05, 3.63) is 65.6 Å². The third kappa shape index (κ3) is 3.71. The molecule has 5 nitrogen and oxygen atoms in total. The standard InChI is InChI=1S/C21H22FN3O2/c1-24(14-19-18-7-2-3-8-20(18)27-23-19)17-9-11-25(12-10-17)21(26)15-5-4-6-16(22)13-15/h2-8,13,17H,9-12,14H2,1H3. The molecule has 0 radical (unpaired) electrons. The number of para-hydroxylation sites is 1. The van der Waals surface area contributed by atoms with Gasteiger partial charge in [0.05, 0.1) is 0 Å². The number of nitrogens with zero attached hydrogens (tertiary/aromatic N) is 3. The number of likely N-dealkylation sites (tertiary alicyclic amines) is 1. The molecule has 1 saturated heterocycles. The van der Waals surface area contributed by atoms with Crippen molar-refractivity contribution in [1.82, 2.24) is 15.0 Å². The fraction of sp³-hybridized carbons (Fsp3) is 0.333. The van der Waals surface area contributed by atoms with Gasteiger partial charge in [-0.2, -0.15) is 0 Å². The van der Waals surface area contributed by atoms with Crippen molar-refractivity contribution in [2.75, 3.05) is 20.1 Å². The van der Waals surface area contributed by atoms with Crippen molar-refractivity contribution in [2.24, 2.45) is 0 Å². The summed E-state index contributed by atoms with van der Waals surface area (Å²) in [6.07, 6.45) is 1.76. The van der Waals surface area contributed by atoms with Gasteiger partial charge in [-0.3, -0.25) is 9.69 Å². The van der Waals surface area contributed by atoms with Gasteiger partial charge in [0.2, 0.25) is 0 Å². The van der Waals surface area contributed by atoms with Crippen LogP contribution in [0.2, 0.25) is 0 Å². The average Bonchev–Trinajstić information content (AvgIpc) is 3.10. The molecule has 140 valence electrons. The first-order valence-corrected chi connectivity index (χ1v) is 9.20. The summed E-state index contributed by atoms with van der Waals surface area (Å²) in [5.74, 6) is -0.478. The molecule has 0 bridgehead atoms. The first-order chi connectivity index (χ1) is 13.1. The molecule has 1 fully saturated rings. The van der Waals surface area contributed by atoms with Crippen molar-refractivity contribution in [3.63, 3.8) is 0 Å². The van der Waals surface area contributed by atoms with Gasteiger partial charge in [-0.25, -0.2) is 4.39 Å². The van der Waals surface area contributed by atoms with Crippen LogP contribution in [-0.2, 0) is 6.54 Å². The number of aromatic nitrogens is 1. The fourth-order valence-corrected chi connectivity index (χ4v) is 3.73. The maximum Gasteiger partial charge on any atom is 0.253 e. The molecule has 2 aromatic carbocycles. The Morgan fingerprint density at radius 1 is 1.22 bits per heavy atom. The second-order valence-electron chi connectivity index (χ2n) is 7.07. The Morgan fingerprint density at radius 2 is 2.00 bits per heavy atom. The Balaban J connectivity index is 1.36. The number of hydrogen-bond donors (Lipinski definition) is 0. The summed E-state index contributed by atoms with van der Waals surface area (Å²) in [7, 11) is 2.08. The van der Waals surface area contributed by atoms with Crippen LogP contribution >= 0.6 is 0 Å². The summed E-state index contributed by atoms with van der Waals surface area (Å²) >= 11 is 0. The fourth-order valence-electron chi connectivity index (χ4n) is 3.73. The highest BCUT2D eigenvalue weighted by Crippen LogP contribution is 2.23. The van der Waals surface area contributed by atoms with E-state index in [2.05, 4.69) is 17.1 Å². The number of amides is 1. The van der Waals surface area contributed by atoms with Crippen molar-refractivity contribution in [1.29, 1.82) is 0 Å². The minimum atomic E-state index is -0.379. The van der Waals surface area contributed by atoms with Crippen LogP contribution in [0.5, 0.6) is 0 Å². The largest absolute Gasteiger partial charge is 0.356 e. The van der Waals surface area contributed by atoms with E-state index in [-0.39, 0.29) is 11.7 Å². The van der Waals surface area contributed by atoms with E-state index in [0.717, 1.165) is 29.5 Å². The lowest BCUT2D eigenvalue weighted by Gasteiger charge is -2.36. The molecule has 27 heavy (non-hydrogen) atoms. The molecule has 1 aliphatic heterocycles. The summed E-state index contributed by atoms with van der Waals surface area (Å²) in [6, 6.07) is 14.1. The minimum absolute atomic E-state index is 0.0990. The lowest BCUT2D eigenvalue weighted by Crippen LogP contribution is -2.45. The quantitative estimate of drug-likeness (QED) is 0.705. The lowest BCUT2D eigenvalue weighted by molar-refractivity contribution is 0.0637. The van der Waals surface area contributed by atoms with Crippen LogP contribution in [-0.4, -0.2) is 47.0 Å². The summed E-state index contributed by atoms with van der Waals surface area (Å²) in [4.78, 5) is 16.6. The monoisotopic (exact) mass is 367 g/mol. The van der Waals surface area contributed by atoms with E-state index in [1.165, 1.54) is 12.1 Å². The van der Waals surface area contributed by atoms with Gasteiger partial charge in [0.15, 0.2) is 5.58 Å². The number of piperidine rings is 1. The van der Waals surface area contributed by atoms with Crippen molar-refractivity contribution in [2.45, 2.75) is 25.4 Å². The summed E-state index contributed by atoms with van der Waals surface area (Å²) in [5, 5.41) is 5.25. The number of halogens is 1. The first kappa shape index (κ1) is 17.7. The number of carbonyl (C=O) groups is 1. The average molecular weight is 367 g/mol. The number of hydrogen-bond acceptors (Lipinski definition) is 4. The molecule has 6 heteroatoms. The zero-order valence-electron chi connectivity index (χ0n) is 15.3. The SMILES string of the molecule is CN(Cc1noc2ccccc12)C1CCN(C(=O)c2cccc(F)c2)CC1. The van der Waals surface area contributed by atoms with E-state index in [1.54, 1.807) is 12.1 Å². The molecule has 1 aromatic heterocycles. The van der Waals surface area contributed by atoms with Crippen LogP contribution in [0.3, 0.4) is 0 Å². The molecule has 1 amide bonds. The highest BCUT2D eigenvalue weighted by Gasteiger charge is 2.26. The van der Waals surface area contributed by atoms with Gasteiger partial charge >= 0.3 is 0 Å². The van der Waals surface area contributed by atoms with E-state index in [0.29, 0.717) is 31.2 Å². The second-order valence-corrected chi connectivity index (χ2v) is 7.07. The van der Waals surface area contributed by atoms with E-state index < -0.39 is 0 Å². The molecule has 0 aliphatic carbocycles. The molecule has 0 atom stereocenters. The number of fused-ring (bicyclic) bond motifs is 1. The van der Waals surface area contributed by atoms with Crippen LogP contribution in [0, 0.1) is 5.82 Å². The Kier molecular flexibility index (Phi) is 4.90. The zero-order chi connectivity index (χ0) is 18.8. The van der Waals surface area contributed by atoms with Crippen molar-refractivity contribution in [3.8, 4) is 0 Å². The maximum absolute atomic E-state index is 13.4. The van der Waals surface area contributed by atoms with Crippen molar-refractivity contribution >= 4 is 16.9 Å². The predicted octanol–water partition coefficient (Wildman–Crippen LogP) is 3.70. The Morgan fingerprint density at radius 3 is 2.78 bits per heavy atom. The predicted molar refractivity (Wildman–Crippen MR) is 101 cm³/mol. The summed E-state index contributed by atoms with van der Waals surface area (Å²) in [5.41, 5.74) is 2.15. The van der Waals surface area contributed by atoms with Crippen LogP contribution in [0.1, 0.15) is 28.9 Å². The smallest absolute Gasteiger partial charge is 0.253 e. The van der Waals surface area contributed by atoms with E-state index in [9.17, 15) is 9.18 Å². The van der Waals surface area contributed by atoms with Gasteiger partial charge in [-0.15, -0.1) is 0 Å². The van der Waals surface area contributed by atoms with Gasteiger partial charge in [0.1, 0.15) is 11.5 Å². The van der Waals surface area contributed by atoms with Gasteiger partial charge in [0.25, 0.3) is 5.91 Å². The Hall–Kier alpha value is -2.73. The first-order valence-electron chi connectivity index (χ1n) is 9.20. The van der Waals surface area contributed by atoms with Gasteiger partial charge in [-0.1, -0.05) is 23.4 Å². The van der Waals surface area contributed by atoms with Crippen LogP contribution in [0.4, 0.5) is 4.39 Å². The molecular weight excluding hydrogens is 345 g/mol. The van der Waals surface area contributed by atoms with E-state index in [1.807, 2.05) is 29.2 Å². The highest BCUT2D eigenvalue weighted by molar-refractivity contribution is 5.94. The summed E-state index contributed by atoms with van der Waals surface area (Å²) < 4.78 is 18.7. The Bertz CT molecular complexity index is 947. The van der Waals surface area contributed by atoms with E-state index in [4.69, 9.17) is 4.52 Å². The number of benzene rings is 2. The topological polar surface area (TPSA) is 49.6 Å². The van der Waals surface area contributed by atoms with Gasteiger partial charge in [0, 0.05) is 36.6 Å². The maximum atomic E-state index is 13.4. The molecular formula is C21H22FN3O2. The Labute approximate surface area is 157 Å². The van der Waals surface area contributed by atoms with Gasteiger partial charge < -0.3 is 9.42 Å². The highest BCUT2D eigenvalue weighted by atomic mass is 19.1.